The molecule has 0 aromatic heterocycles. The van der Waals surface area contributed by atoms with Crippen LogP contribution in [0.4, 0.5) is 11.4 Å². The molecule has 0 saturated heterocycles. The fourth-order valence-electron chi connectivity index (χ4n) is 1.46. The van der Waals surface area contributed by atoms with Crippen LogP contribution in [0.5, 0.6) is 0 Å². The lowest BCUT2D eigenvalue weighted by Gasteiger charge is -2.34. The van der Waals surface area contributed by atoms with Gasteiger partial charge in [-0.1, -0.05) is 12.1 Å². The van der Waals surface area contributed by atoms with E-state index in [1.165, 1.54) is 0 Å². The highest BCUT2D eigenvalue weighted by Crippen LogP contribution is 2.29. The molecular weight excluding hydrogens is 178 g/mol. The molecule has 1 atom stereocenters. The maximum atomic E-state index is 11.7. The van der Waals surface area contributed by atoms with Gasteiger partial charge in [0.05, 0.1) is 11.4 Å². The van der Waals surface area contributed by atoms with Crippen LogP contribution in [0.3, 0.4) is 0 Å². The van der Waals surface area contributed by atoms with E-state index in [4.69, 9.17) is 5.73 Å². The maximum absolute atomic E-state index is 11.7. The molecule has 1 aliphatic rings. The van der Waals surface area contributed by atoms with Crippen molar-refractivity contribution < 1.29 is 4.79 Å². The van der Waals surface area contributed by atoms with Crippen molar-refractivity contribution in [3.05, 3.63) is 24.3 Å². The summed E-state index contributed by atoms with van der Waals surface area (Å²) in [5.41, 5.74) is 6.59. The second-order valence-electron chi connectivity index (χ2n) is 3.66. The summed E-state index contributed by atoms with van der Waals surface area (Å²) in [5.74, 6) is -0.0845. The average Bonchev–Trinajstić information content (AvgIpc) is 2.20. The van der Waals surface area contributed by atoms with Gasteiger partial charge in [-0.3, -0.25) is 4.79 Å². The molecule has 1 heterocycles. The molecule has 1 unspecified atom stereocenters. The third kappa shape index (κ3) is 1.24. The Bertz CT molecular complexity index is 377. The first kappa shape index (κ1) is 9.02. The SMILES string of the molecule is CC1(CN)Nc2ccccc2NC1=O. The molecule has 0 bridgehead atoms. The van der Waals surface area contributed by atoms with E-state index in [0.29, 0.717) is 0 Å². The van der Waals surface area contributed by atoms with Crippen molar-refractivity contribution in [1.82, 2.24) is 0 Å². The molecule has 4 N–H and O–H groups in total. The largest absolute Gasteiger partial charge is 0.369 e. The molecule has 1 amide bonds. The number of nitrogens with one attached hydrogen (secondary N) is 2. The molecule has 4 nitrogen and oxygen atoms in total. The van der Waals surface area contributed by atoms with Crippen molar-refractivity contribution in [2.24, 2.45) is 5.73 Å². The molecular formula is C10H13N3O. The van der Waals surface area contributed by atoms with Gasteiger partial charge in [0.2, 0.25) is 0 Å². The fourth-order valence-corrected chi connectivity index (χ4v) is 1.46. The summed E-state index contributed by atoms with van der Waals surface area (Å²) in [7, 11) is 0. The number of hydrogen-bond donors (Lipinski definition) is 3. The van der Waals surface area contributed by atoms with E-state index >= 15 is 0 Å². The van der Waals surface area contributed by atoms with Crippen molar-refractivity contribution in [3.63, 3.8) is 0 Å². The minimum absolute atomic E-state index is 0.0845. The van der Waals surface area contributed by atoms with E-state index in [-0.39, 0.29) is 12.5 Å². The number of fused-ring (bicyclic) bond motifs is 1. The molecule has 14 heavy (non-hydrogen) atoms. The zero-order chi connectivity index (χ0) is 10.2. The molecule has 1 aromatic rings. The zero-order valence-corrected chi connectivity index (χ0v) is 8.00. The Morgan fingerprint density at radius 1 is 1.36 bits per heavy atom. The van der Waals surface area contributed by atoms with Crippen LogP contribution >= 0.6 is 0 Å². The van der Waals surface area contributed by atoms with E-state index in [2.05, 4.69) is 10.6 Å². The first-order valence-corrected chi connectivity index (χ1v) is 4.54. The van der Waals surface area contributed by atoms with Gasteiger partial charge in [0.25, 0.3) is 5.91 Å². The summed E-state index contributed by atoms with van der Waals surface area (Å²) >= 11 is 0. The van der Waals surface area contributed by atoms with E-state index in [1.54, 1.807) is 6.92 Å². The lowest BCUT2D eigenvalue weighted by atomic mass is 9.97. The highest BCUT2D eigenvalue weighted by molar-refractivity contribution is 6.05. The van der Waals surface area contributed by atoms with E-state index < -0.39 is 5.54 Å². The van der Waals surface area contributed by atoms with Crippen molar-refractivity contribution in [2.45, 2.75) is 12.5 Å². The third-order valence-corrected chi connectivity index (χ3v) is 2.50. The van der Waals surface area contributed by atoms with Crippen LogP contribution in [-0.4, -0.2) is 18.0 Å². The van der Waals surface area contributed by atoms with Gasteiger partial charge in [-0.25, -0.2) is 0 Å². The lowest BCUT2D eigenvalue weighted by Crippen LogP contribution is -2.55. The van der Waals surface area contributed by atoms with Crippen molar-refractivity contribution in [1.29, 1.82) is 0 Å². The van der Waals surface area contributed by atoms with Gasteiger partial charge >= 0.3 is 0 Å². The highest BCUT2D eigenvalue weighted by Gasteiger charge is 2.35. The van der Waals surface area contributed by atoms with Gasteiger partial charge in [0.15, 0.2) is 0 Å². The Morgan fingerprint density at radius 3 is 2.64 bits per heavy atom. The number of carbonyl (C=O) groups is 1. The number of carbonyl (C=O) groups excluding carboxylic acids is 1. The molecule has 0 aliphatic carbocycles. The van der Waals surface area contributed by atoms with Crippen molar-refractivity contribution in [2.75, 3.05) is 17.2 Å². The molecule has 1 aromatic carbocycles. The molecule has 0 saturated carbocycles. The van der Waals surface area contributed by atoms with Crippen LogP contribution in [0.2, 0.25) is 0 Å². The Kier molecular flexibility index (Phi) is 1.93. The predicted molar refractivity (Wildman–Crippen MR) is 56.2 cm³/mol. The van der Waals surface area contributed by atoms with Gasteiger partial charge < -0.3 is 16.4 Å². The van der Waals surface area contributed by atoms with E-state index in [1.807, 2.05) is 24.3 Å². The second-order valence-corrected chi connectivity index (χ2v) is 3.66. The molecule has 0 fully saturated rings. The number of hydrogen-bond acceptors (Lipinski definition) is 3. The van der Waals surface area contributed by atoms with E-state index in [0.717, 1.165) is 11.4 Å². The Balaban J connectivity index is 2.41. The number of nitrogens with two attached hydrogens (primary N) is 1. The number of anilines is 2. The number of amides is 1. The summed E-state index contributed by atoms with van der Waals surface area (Å²) in [4.78, 5) is 11.7. The maximum Gasteiger partial charge on any atom is 0.251 e. The minimum atomic E-state index is -0.700. The molecule has 0 radical (unpaired) electrons. The molecule has 4 heteroatoms. The van der Waals surface area contributed by atoms with Crippen LogP contribution in [-0.2, 0) is 4.79 Å². The smallest absolute Gasteiger partial charge is 0.251 e. The first-order chi connectivity index (χ1) is 6.65. The zero-order valence-electron chi connectivity index (χ0n) is 8.00. The Morgan fingerprint density at radius 2 is 2.00 bits per heavy atom. The van der Waals surface area contributed by atoms with Gasteiger partial charge in [-0.15, -0.1) is 0 Å². The van der Waals surface area contributed by atoms with Crippen LogP contribution in [0.1, 0.15) is 6.92 Å². The number of benzene rings is 1. The summed E-state index contributed by atoms with van der Waals surface area (Å²) in [6, 6.07) is 7.57. The first-order valence-electron chi connectivity index (χ1n) is 4.54. The van der Waals surface area contributed by atoms with Crippen LogP contribution in [0, 0.1) is 0 Å². The quantitative estimate of drug-likeness (QED) is 0.614. The monoisotopic (exact) mass is 191 g/mol. The Hall–Kier alpha value is -1.55. The second kappa shape index (κ2) is 2.99. The van der Waals surface area contributed by atoms with Crippen molar-refractivity contribution >= 4 is 17.3 Å². The normalized spacial score (nSPS) is 24.9. The van der Waals surface area contributed by atoms with Crippen LogP contribution < -0.4 is 16.4 Å². The Labute approximate surface area is 82.5 Å². The highest BCUT2D eigenvalue weighted by atomic mass is 16.2. The van der Waals surface area contributed by atoms with Crippen LogP contribution in [0.25, 0.3) is 0 Å². The summed E-state index contributed by atoms with van der Waals surface area (Å²) in [6.07, 6.45) is 0. The number of para-hydroxylation sites is 2. The van der Waals surface area contributed by atoms with Crippen molar-refractivity contribution in [3.8, 4) is 0 Å². The number of rotatable bonds is 1. The average molecular weight is 191 g/mol. The molecule has 1 aliphatic heterocycles. The summed E-state index contributed by atoms with van der Waals surface area (Å²) < 4.78 is 0. The van der Waals surface area contributed by atoms with Crippen LogP contribution in [0.15, 0.2) is 24.3 Å². The topological polar surface area (TPSA) is 67.2 Å². The minimum Gasteiger partial charge on any atom is -0.369 e. The van der Waals surface area contributed by atoms with Gasteiger partial charge in [0, 0.05) is 6.54 Å². The molecule has 0 spiro atoms. The standard InChI is InChI=1S/C10H13N3O/c1-10(6-11)9(14)12-7-4-2-3-5-8(7)13-10/h2-5,13H,6,11H2,1H3,(H,12,14). The summed E-state index contributed by atoms with van der Waals surface area (Å²) in [6.45, 7) is 2.06. The summed E-state index contributed by atoms with van der Waals surface area (Å²) in [5, 5.41) is 5.96. The molecule has 74 valence electrons. The third-order valence-electron chi connectivity index (χ3n) is 2.50. The lowest BCUT2D eigenvalue weighted by molar-refractivity contribution is -0.119. The molecule has 2 rings (SSSR count). The van der Waals surface area contributed by atoms with Gasteiger partial charge in [0.1, 0.15) is 5.54 Å². The van der Waals surface area contributed by atoms with E-state index in [9.17, 15) is 4.79 Å². The fraction of sp³-hybridized carbons (Fsp3) is 0.300. The van der Waals surface area contributed by atoms with Gasteiger partial charge in [-0.2, -0.15) is 0 Å². The predicted octanol–water partition coefficient (Wildman–Crippen LogP) is 0.768. The van der Waals surface area contributed by atoms with Gasteiger partial charge in [-0.05, 0) is 19.1 Å².